The minimum atomic E-state index is -3.54. The van der Waals surface area contributed by atoms with Gasteiger partial charge in [-0.05, 0) is 48.2 Å². The minimum Gasteiger partial charge on any atom is -0.394 e. The zero-order valence-corrected chi connectivity index (χ0v) is 55.4. The first-order valence-corrected chi connectivity index (χ1v) is 35.3. The molecule has 12 rings (SSSR count). The summed E-state index contributed by atoms with van der Waals surface area (Å²) in [6, 6.07) is 25.5. The summed E-state index contributed by atoms with van der Waals surface area (Å²) in [4.78, 5) is 102. The monoisotopic (exact) mass is 1440 g/mol. The zero-order chi connectivity index (χ0) is 70.2. The number of aliphatic hydroxyl groups excluding tert-OH is 2. The minimum absolute atomic E-state index is 0.0440. The Morgan fingerprint density at radius 1 is 0.535 bits per heavy atom. The molecule has 516 valence electrons. The van der Waals surface area contributed by atoms with Gasteiger partial charge >= 0.3 is 16.5 Å². The molecular weight excluding hydrogens is 1380 g/mol. The summed E-state index contributed by atoms with van der Waals surface area (Å²) in [6.07, 6.45) is -6.99. The van der Waals surface area contributed by atoms with Gasteiger partial charge in [-0.25, -0.2) is 58.0 Å². The zero-order valence-electron chi connectivity index (χ0n) is 51.9. The summed E-state index contributed by atoms with van der Waals surface area (Å²) in [5.74, 6) is -0.717. The highest BCUT2D eigenvalue weighted by atomic mass is 32.5. The van der Waals surface area contributed by atoms with Gasteiger partial charge in [-0.15, -0.1) is 38.6 Å². The standard InChI is InChI=1S/C41H40F2N10O10P2S.C20H19FN5O6P/c1-4-16-50(38(55)24-12-8-6-9-13-24)34-30-36(46-20-44-34)52(22-48-30)40-28(42)32(62-64(57)58)27(61-40)19-59-65(3,66)63-33-26(18-54)60-41(29(33)43)53-23-49-31-35(45-21-47-37(31)53)51(17-5-2)39(56)25-14-10-7-11-15-25;1-2-8-25(19(28)12-6-4-3-5-7-12)17-15-18(23-10-22-17)26(11-24-15)20-14(21)16(32-33(29)30)13(9-27)31-20/h4-15,20-23,26-29,32-33,40-41,54H,1-2,16-19H2,3H3;2-7,10-11,13-14,16,20,27H,1,8-9H2/p+2/t26-,27-,28-,29-,32-,33-,40-,41-,65?;13-,14-,16-,20-/m11/s1. The highest BCUT2D eigenvalue weighted by Crippen LogP contribution is 2.52. The van der Waals surface area contributed by atoms with Gasteiger partial charge in [0, 0.05) is 52.1 Å². The van der Waals surface area contributed by atoms with E-state index in [1.165, 1.54) is 91.3 Å². The Labute approximate surface area is 566 Å². The summed E-state index contributed by atoms with van der Waals surface area (Å²) in [5, 5.41) is 19.8. The molecule has 3 fully saturated rings. The number of amides is 3. The largest absolute Gasteiger partial charge is 0.695 e. The molecule has 0 saturated carbocycles. The van der Waals surface area contributed by atoms with Crippen LogP contribution in [0.3, 0.4) is 0 Å². The third-order valence-electron chi connectivity index (χ3n) is 15.7. The lowest BCUT2D eigenvalue weighted by Crippen LogP contribution is -2.34. The van der Waals surface area contributed by atoms with Crippen molar-refractivity contribution in [2.45, 2.75) is 73.8 Å². The number of imidazole rings is 3. The lowest BCUT2D eigenvalue weighted by molar-refractivity contribution is -0.0477. The van der Waals surface area contributed by atoms with Crippen molar-refractivity contribution in [1.29, 1.82) is 0 Å². The van der Waals surface area contributed by atoms with Crippen molar-refractivity contribution in [2.24, 2.45) is 0 Å². The van der Waals surface area contributed by atoms with E-state index in [0.717, 1.165) is 0 Å². The number of halogens is 3. The lowest BCUT2D eigenvalue weighted by Gasteiger charge is -2.26. The van der Waals surface area contributed by atoms with Crippen molar-refractivity contribution >= 4 is 103 Å². The van der Waals surface area contributed by atoms with Crippen LogP contribution >= 0.6 is 23.0 Å². The average Bonchev–Trinajstić information content (AvgIpc) is 1.64. The third kappa shape index (κ3) is 15.0. The number of alkyl halides is 3. The van der Waals surface area contributed by atoms with Gasteiger partial charge in [-0.3, -0.25) is 42.8 Å². The lowest BCUT2D eigenvalue weighted by atomic mass is 10.1. The predicted octanol–water partition coefficient (Wildman–Crippen LogP) is 7.09. The van der Waals surface area contributed by atoms with E-state index in [1.54, 1.807) is 91.0 Å². The molecule has 99 heavy (non-hydrogen) atoms. The highest BCUT2D eigenvalue weighted by Gasteiger charge is 2.54. The van der Waals surface area contributed by atoms with Crippen molar-refractivity contribution in [2.75, 3.05) is 60.8 Å². The van der Waals surface area contributed by atoms with Crippen LogP contribution < -0.4 is 14.7 Å². The van der Waals surface area contributed by atoms with Gasteiger partial charge in [-0.2, -0.15) is 0 Å². The summed E-state index contributed by atoms with van der Waals surface area (Å²) in [7, 11) is -6.47. The number of aliphatic hydroxyl groups is 2. The number of rotatable bonds is 26. The molecule has 0 aliphatic carbocycles. The Balaban J connectivity index is 0.000000250. The van der Waals surface area contributed by atoms with Crippen LogP contribution in [0.2, 0.25) is 0 Å². The van der Waals surface area contributed by atoms with Gasteiger partial charge in [0.05, 0.1) is 38.8 Å². The molecule has 3 unspecified atom stereocenters. The van der Waals surface area contributed by atoms with E-state index in [2.05, 4.69) is 64.6 Å². The maximum Gasteiger partial charge on any atom is 0.695 e. The van der Waals surface area contributed by atoms with Crippen molar-refractivity contribution in [3.63, 3.8) is 0 Å². The van der Waals surface area contributed by atoms with E-state index >= 15 is 13.2 Å². The molecule has 0 spiro atoms. The molecule has 3 amide bonds. The molecule has 3 saturated heterocycles. The van der Waals surface area contributed by atoms with Gasteiger partial charge in [0.1, 0.15) is 43.4 Å². The van der Waals surface area contributed by atoms with Gasteiger partial charge in [-0.1, -0.05) is 72.8 Å². The van der Waals surface area contributed by atoms with Crippen molar-refractivity contribution < 1.29 is 89.0 Å². The molecule has 31 nitrogen and oxygen atoms in total. The van der Waals surface area contributed by atoms with Gasteiger partial charge < -0.3 is 33.5 Å². The molecule has 6 aromatic heterocycles. The topological polar surface area (TPSA) is 371 Å². The fourth-order valence-electron chi connectivity index (χ4n) is 11.3. The number of hydrogen-bond donors (Lipinski definition) is 4. The first-order valence-electron chi connectivity index (χ1n) is 29.9. The van der Waals surface area contributed by atoms with E-state index in [-0.39, 0.29) is 82.4 Å². The number of aromatic nitrogens is 12. The predicted molar refractivity (Wildman–Crippen MR) is 352 cm³/mol. The molecule has 3 aliphatic heterocycles. The van der Waals surface area contributed by atoms with Crippen LogP contribution in [-0.2, 0) is 53.2 Å². The Morgan fingerprint density at radius 3 is 1.17 bits per heavy atom. The summed E-state index contributed by atoms with van der Waals surface area (Å²) < 4.78 is 114. The number of nitrogens with zero attached hydrogens (tertiary/aromatic N) is 15. The van der Waals surface area contributed by atoms with Crippen LogP contribution in [0.4, 0.5) is 30.6 Å². The maximum atomic E-state index is 16.6. The van der Waals surface area contributed by atoms with Crippen LogP contribution in [0.1, 0.15) is 49.8 Å². The number of benzene rings is 3. The van der Waals surface area contributed by atoms with Gasteiger partial charge in [0.2, 0.25) is 0 Å². The average molecular weight is 1440 g/mol. The second-order valence-electron chi connectivity index (χ2n) is 21.9. The Hall–Kier alpha value is -8.86. The van der Waals surface area contributed by atoms with Gasteiger partial charge in [0.25, 0.3) is 17.7 Å². The molecular formula is C61H61F3N15O16P3S+2. The Kier molecular flexibility index (Phi) is 22.8. The van der Waals surface area contributed by atoms with E-state index < -0.39 is 123 Å². The summed E-state index contributed by atoms with van der Waals surface area (Å²) >= 11 is 5.67. The summed E-state index contributed by atoms with van der Waals surface area (Å²) in [6.45, 7) is 7.39. The second kappa shape index (κ2) is 31.6. The molecule has 4 N–H and O–H groups in total. The molecule has 15 atom stereocenters. The second-order valence-corrected chi connectivity index (χ2v) is 27.3. The summed E-state index contributed by atoms with van der Waals surface area (Å²) in [5.41, 5.74) is 1.98. The van der Waals surface area contributed by atoms with Crippen LogP contribution in [0.25, 0.3) is 33.5 Å². The molecule has 0 bridgehead atoms. The van der Waals surface area contributed by atoms with Crippen molar-refractivity contribution in [3.8, 4) is 0 Å². The van der Waals surface area contributed by atoms with E-state index in [9.17, 15) is 38.6 Å². The van der Waals surface area contributed by atoms with E-state index in [0.29, 0.717) is 16.7 Å². The van der Waals surface area contributed by atoms with Crippen LogP contribution in [-0.4, -0.2) is 198 Å². The Morgan fingerprint density at radius 2 is 0.848 bits per heavy atom. The van der Waals surface area contributed by atoms with Crippen molar-refractivity contribution in [3.05, 3.63) is 184 Å². The van der Waals surface area contributed by atoms with E-state index in [1.807, 2.05) is 0 Å². The fourth-order valence-corrected chi connectivity index (χ4v) is 13.9. The first kappa shape index (κ1) is 71.4. The van der Waals surface area contributed by atoms with Crippen LogP contribution in [0.15, 0.2) is 167 Å². The van der Waals surface area contributed by atoms with Crippen LogP contribution in [0, 0.1) is 0 Å². The maximum absolute atomic E-state index is 16.6. The number of fused-ring (bicyclic) bond motifs is 3. The third-order valence-corrected chi connectivity index (χ3v) is 18.4. The van der Waals surface area contributed by atoms with Crippen LogP contribution in [0.5, 0.6) is 0 Å². The quantitative estimate of drug-likeness (QED) is 0.0310. The molecule has 0 radical (unpaired) electrons. The number of ether oxygens (including phenoxy) is 3. The Bertz CT molecular complexity index is 4500. The highest BCUT2D eigenvalue weighted by molar-refractivity contribution is 8.09. The SMILES string of the molecule is C=CCN(C(=O)c1ccccc1)c1ncnc2c1ncn2[C@@H]1O[C@H](CO)[C@@H](O[P+](=O)O)[C@H]1F.C=CCN(C(=O)c1ccccc1)c1ncnc2c1ncn2[C@@H]1O[C@H](COP(C)(=S)O[C@H]2[C@@H](F)[C@H](n3cnc4c(N(CC=C)C(=O)c5ccccc5)ncnc43)O[C@@H]2CO)[C@@H](O[P+](=O)O)[C@H]1F. The molecule has 38 heteroatoms. The normalized spacial score (nSPS) is 23.6. The van der Waals surface area contributed by atoms with E-state index in [4.69, 9.17) is 49.0 Å². The fraction of sp³-hybridized carbons (Fsp3) is 0.311. The van der Waals surface area contributed by atoms with Crippen molar-refractivity contribution in [1.82, 2.24) is 58.6 Å². The smallest absolute Gasteiger partial charge is 0.394 e. The first-order chi connectivity index (χ1) is 47.8. The number of anilines is 3. The number of carbonyl (C=O) groups is 3. The molecule has 9 aromatic rings. The number of carbonyl (C=O) groups excluding carboxylic acids is 3. The molecule has 3 aromatic carbocycles. The number of hydrogen-bond acceptors (Lipinski definition) is 24. The molecule has 9 heterocycles. The molecule has 3 aliphatic rings. The van der Waals surface area contributed by atoms with Gasteiger partial charge in [0.15, 0.2) is 107 Å².